The fraction of sp³-hybridized carbons (Fsp3) is 0.526. The van der Waals surface area contributed by atoms with Gasteiger partial charge in [0.1, 0.15) is 11.3 Å². The van der Waals surface area contributed by atoms with Crippen LogP contribution in [0.25, 0.3) is 11.0 Å². The summed E-state index contributed by atoms with van der Waals surface area (Å²) < 4.78 is 44.0. The van der Waals surface area contributed by atoms with Crippen molar-refractivity contribution in [1.82, 2.24) is 10.6 Å². The van der Waals surface area contributed by atoms with E-state index in [1.165, 1.54) is 0 Å². The Morgan fingerprint density at radius 1 is 1.19 bits per heavy atom. The summed E-state index contributed by atoms with van der Waals surface area (Å²) in [6.07, 6.45) is -2.00. The maximum atomic E-state index is 12.7. The number of nitrogens with zero attached hydrogens (tertiary/aromatic N) is 1. The molecule has 1 aliphatic rings. The average molecular weight is 367 g/mol. The molecule has 26 heavy (non-hydrogen) atoms. The first-order valence-corrected chi connectivity index (χ1v) is 8.97. The van der Waals surface area contributed by atoms with Crippen LogP contribution >= 0.6 is 0 Å². The minimum absolute atomic E-state index is 0.0333. The van der Waals surface area contributed by atoms with Gasteiger partial charge < -0.3 is 15.1 Å². The van der Waals surface area contributed by atoms with Crippen molar-refractivity contribution in [2.45, 2.75) is 44.3 Å². The highest BCUT2D eigenvalue weighted by Crippen LogP contribution is 2.37. The highest BCUT2D eigenvalue weighted by molar-refractivity contribution is 5.80. The van der Waals surface area contributed by atoms with E-state index in [1.807, 2.05) is 30.3 Å². The topological polar surface area (TPSA) is 49.6 Å². The molecule has 1 aliphatic carbocycles. The minimum Gasteiger partial charge on any atom is -0.461 e. The first kappa shape index (κ1) is 18.6. The van der Waals surface area contributed by atoms with Crippen LogP contribution in [-0.4, -0.2) is 31.8 Å². The van der Waals surface area contributed by atoms with E-state index in [2.05, 4.69) is 15.6 Å². The van der Waals surface area contributed by atoms with Gasteiger partial charge in [-0.15, -0.1) is 0 Å². The van der Waals surface area contributed by atoms with E-state index in [9.17, 15) is 13.2 Å². The number of benzene rings is 1. The Bertz CT molecular complexity index is 713. The molecule has 0 aliphatic heterocycles. The number of fused-ring (bicyclic) bond motifs is 1. The van der Waals surface area contributed by atoms with E-state index in [-0.39, 0.29) is 18.9 Å². The lowest BCUT2D eigenvalue weighted by Gasteiger charge is -2.31. The van der Waals surface area contributed by atoms with E-state index in [4.69, 9.17) is 4.42 Å². The summed E-state index contributed by atoms with van der Waals surface area (Å²) >= 11 is 0. The molecule has 0 saturated heterocycles. The van der Waals surface area contributed by atoms with Crippen molar-refractivity contribution in [2.24, 2.45) is 10.9 Å². The summed E-state index contributed by atoms with van der Waals surface area (Å²) in [7, 11) is 1.66. The number of guanidine groups is 1. The van der Waals surface area contributed by atoms with E-state index in [0.717, 1.165) is 16.7 Å². The standard InChI is InChI=1S/C19H24F3N3O/c1-23-18(25-15-8-6-14(7-9-15)19(20,21)22)24-11-10-16-12-13-4-2-3-5-17(13)26-16/h2-5,12,14-15H,6-11H2,1H3,(H2,23,24,25). The zero-order chi connectivity index (χ0) is 18.6. The van der Waals surface area contributed by atoms with Crippen molar-refractivity contribution in [3.63, 3.8) is 0 Å². The van der Waals surface area contributed by atoms with E-state index >= 15 is 0 Å². The molecule has 3 rings (SSSR count). The highest BCUT2D eigenvalue weighted by atomic mass is 19.4. The molecule has 1 heterocycles. The predicted octanol–water partition coefficient (Wildman–Crippen LogP) is 4.26. The molecule has 0 amide bonds. The Balaban J connectivity index is 1.44. The number of furan rings is 1. The van der Waals surface area contributed by atoms with Crippen LogP contribution in [0.2, 0.25) is 0 Å². The Labute approximate surface area is 150 Å². The van der Waals surface area contributed by atoms with Gasteiger partial charge in [0.2, 0.25) is 0 Å². The number of halogens is 3. The minimum atomic E-state index is -4.07. The number of aliphatic imine (C=N–C) groups is 1. The summed E-state index contributed by atoms with van der Waals surface area (Å²) in [5, 5.41) is 7.51. The Kier molecular flexibility index (Phi) is 5.74. The van der Waals surface area contributed by atoms with Crippen LogP contribution in [0.15, 0.2) is 39.7 Å². The van der Waals surface area contributed by atoms with Crippen LogP contribution in [0.3, 0.4) is 0 Å². The van der Waals surface area contributed by atoms with Gasteiger partial charge in [0, 0.05) is 31.4 Å². The van der Waals surface area contributed by atoms with Crippen molar-refractivity contribution >= 4 is 16.9 Å². The maximum Gasteiger partial charge on any atom is 0.391 e. The molecule has 7 heteroatoms. The molecule has 1 aromatic heterocycles. The zero-order valence-electron chi connectivity index (χ0n) is 14.8. The highest BCUT2D eigenvalue weighted by Gasteiger charge is 2.41. The van der Waals surface area contributed by atoms with Crippen LogP contribution < -0.4 is 10.6 Å². The first-order chi connectivity index (χ1) is 12.5. The van der Waals surface area contributed by atoms with Gasteiger partial charge in [0.05, 0.1) is 5.92 Å². The van der Waals surface area contributed by atoms with Gasteiger partial charge in [-0.1, -0.05) is 18.2 Å². The molecule has 0 radical (unpaired) electrons. The molecule has 142 valence electrons. The van der Waals surface area contributed by atoms with Gasteiger partial charge in [0.25, 0.3) is 0 Å². The molecular weight excluding hydrogens is 343 g/mol. The molecule has 0 bridgehead atoms. The molecular formula is C19H24F3N3O. The first-order valence-electron chi connectivity index (χ1n) is 8.97. The Morgan fingerprint density at radius 3 is 2.58 bits per heavy atom. The monoisotopic (exact) mass is 367 g/mol. The second-order valence-corrected chi connectivity index (χ2v) is 6.73. The lowest BCUT2D eigenvalue weighted by Crippen LogP contribution is -2.46. The molecule has 1 fully saturated rings. The van der Waals surface area contributed by atoms with Gasteiger partial charge in [-0.3, -0.25) is 4.99 Å². The number of rotatable bonds is 4. The van der Waals surface area contributed by atoms with Gasteiger partial charge in [-0.05, 0) is 37.8 Å². The summed E-state index contributed by atoms with van der Waals surface area (Å²) in [5.74, 6) is 0.347. The second-order valence-electron chi connectivity index (χ2n) is 6.73. The van der Waals surface area contributed by atoms with E-state index < -0.39 is 12.1 Å². The molecule has 0 spiro atoms. The van der Waals surface area contributed by atoms with Crippen LogP contribution in [0.4, 0.5) is 13.2 Å². The van der Waals surface area contributed by atoms with Crippen molar-refractivity contribution in [3.05, 3.63) is 36.1 Å². The number of alkyl halides is 3. The van der Waals surface area contributed by atoms with Crippen molar-refractivity contribution < 1.29 is 17.6 Å². The molecule has 1 saturated carbocycles. The molecule has 4 nitrogen and oxygen atoms in total. The molecule has 1 aromatic carbocycles. The third-order valence-electron chi connectivity index (χ3n) is 4.89. The van der Waals surface area contributed by atoms with Crippen LogP contribution in [-0.2, 0) is 6.42 Å². The summed E-state index contributed by atoms with van der Waals surface area (Å²) in [4.78, 5) is 4.17. The summed E-state index contributed by atoms with van der Waals surface area (Å²) in [5.41, 5.74) is 0.867. The quantitative estimate of drug-likeness (QED) is 0.627. The predicted molar refractivity (Wildman–Crippen MR) is 96.2 cm³/mol. The van der Waals surface area contributed by atoms with Crippen LogP contribution in [0, 0.1) is 5.92 Å². The van der Waals surface area contributed by atoms with Gasteiger partial charge in [0.15, 0.2) is 5.96 Å². The summed E-state index contributed by atoms with van der Waals surface area (Å²) in [6, 6.07) is 9.90. The number of nitrogens with one attached hydrogen (secondary N) is 2. The Hall–Kier alpha value is -2.18. The van der Waals surface area contributed by atoms with Gasteiger partial charge in [-0.25, -0.2) is 0 Å². The number of para-hydroxylation sites is 1. The lowest BCUT2D eigenvalue weighted by molar-refractivity contribution is -0.182. The van der Waals surface area contributed by atoms with Crippen LogP contribution in [0.1, 0.15) is 31.4 Å². The fourth-order valence-electron chi connectivity index (χ4n) is 3.42. The van der Waals surface area contributed by atoms with Gasteiger partial charge in [-0.2, -0.15) is 13.2 Å². The second kappa shape index (κ2) is 8.01. The van der Waals surface area contributed by atoms with Crippen molar-refractivity contribution in [2.75, 3.05) is 13.6 Å². The van der Waals surface area contributed by atoms with Crippen molar-refractivity contribution in [3.8, 4) is 0 Å². The molecule has 2 aromatic rings. The van der Waals surface area contributed by atoms with Gasteiger partial charge >= 0.3 is 6.18 Å². The summed E-state index contributed by atoms with van der Waals surface area (Å²) in [6.45, 7) is 0.636. The van der Waals surface area contributed by atoms with E-state index in [0.29, 0.717) is 31.8 Å². The zero-order valence-corrected chi connectivity index (χ0v) is 14.8. The van der Waals surface area contributed by atoms with Crippen molar-refractivity contribution in [1.29, 1.82) is 0 Å². The number of hydrogen-bond acceptors (Lipinski definition) is 2. The largest absolute Gasteiger partial charge is 0.461 e. The molecule has 0 atom stereocenters. The third-order valence-corrected chi connectivity index (χ3v) is 4.89. The lowest BCUT2D eigenvalue weighted by atomic mass is 9.85. The molecule has 0 unspecified atom stereocenters. The average Bonchev–Trinajstić information content (AvgIpc) is 3.03. The van der Waals surface area contributed by atoms with E-state index in [1.54, 1.807) is 7.05 Å². The van der Waals surface area contributed by atoms with Crippen LogP contribution in [0.5, 0.6) is 0 Å². The normalized spacial score (nSPS) is 21.8. The molecule has 2 N–H and O–H groups in total. The maximum absolute atomic E-state index is 12.7. The number of hydrogen-bond donors (Lipinski definition) is 2. The smallest absolute Gasteiger partial charge is 0.391 e. The third kappa shape index (κ3) is 4.71. The fourth-order valence-corrected chi connectivity index (χ4v) is 3.42. The SMILES string of the molecule is CN=C(NCCc1cc2ccccc2o1)NC1CCC(C(F)(F)F)CC1. The Morgan fingerprint density at radius 2 is 1.92 bits per heavy atom.